The number of nitrogens with two attached hydrogens (primary N) is 1. The number of pyridine rings is 1. The lowest BCUT2D eigenvalue weighted by molar-refractivity contribution is -0.113. The zero-order valence-corrected chi connectivity index (χ0v) is 16.9. The topological polar surface area (TPSA) is 102 Å². The van der Waals surface area contributed by atoms with Crippen molar-refractivity contribution in [1.29, 1.82) is 0 Å². The molecule has 1 aliphatic rings. The summed E-state index contributed by atoms with van der Waals surface area (Å²) in [7, 11) is 0. The molecular weight excluding hydrogens is 429 g/mol. The highest BCUT2D eigenvalue weighted by Crippen LogP contribution is 2.39. The maximum Gasteiger partial charge on any atom is 0.251 e. The van der Waals surface area contributed by atoms with Gasteiger partial charge in [0.1, 0.15) is 5.00 Å². The molecule has 3 heterocycles. The minimum atomic E-state index is -0.509. The first kappa shape index (κ1) is 18.5. The molecule has 11 heteroatoms. The van der Waals surface area contributed by atoms with E-state index in [1.807, 2.05) is 0 Å². The summed E-state index contributed by atoms with van der Waals surface area (Å²) in [5.74, 6) is -0.677. The molecule has 0 atom stereocenters. The number of thioether (sulfide) groups is 1. The number of aryl methyl sites for hydroxylation is 1. The Kier molecular flexibility index (Phi) is 5.02. The third-order valence-corrected chi connectivity index (χ3v) is 6.78. The van der Waals surface area contributed by atoms with Crippen molar-refractivity contribution in [1.82, 2.24) is 14.6 Å². The van der Waals surface area contributed by atoms with Gasteiger partial charge in [-0.05, 0) is 30.9 Å². The highest BCUT2D eigenvalue weighted by atomic mass is 35.5. The van der Waals surface area contributed by atoms with Crippen molar-refractivity contribution in [3.8, 4) is 0 Å². The molecule has 4 rings (SSSR count). The lowest BCUT2D eigenvalue weighted by atomic mass is 10.1. The highest BCUT2D eigenvalue weighted by molar-refractivity contribution is 7.99. The fourth-order valence-electron chi connectivity index (χ4n) is 3.05. The van der Waals surface area contributed by atoms with E-state index in [0.29, 0.717) is 31.4 Å². The number of nitrogens with zero attached hydrogens (tertiary/aromatic N) is 3. The van der Waals surface area contributed by atoms with Crippen LogP contribution in [-0.4, -0.2) is 32.2 Å². The molecule has 0 saturated carbocycles. The largest absolute Gasteiger partial charge is 0.365 e. The Labute approximate surface area is 172 Å². The normalized spacial score (nSPS) is 13.1. The lowest BCUT2D eigenvalue weighted by Gasteiger charge is -2.06. The second-order valence-electron chi connectivity index (χ2n) is 5.95. The van der Waals surface area contributed by atoms with E-state index in [0.717, 1.165) is 29.7 Å². The van der Waals surface area contributed by atoms with Gasteiger partial charge in [0, 0.05) is 11.1 Å². The maximum atomic E-state index is 12.4. The Bertz CT molecular complexity index is 1080. The molecule has 0 bridgehead atoms. The standard InChI is InChI=1S/C16H13Cl2N5O2S2/c17-7-4-9(18)14-21-22-16(23(14)5-7)26-6-11(24)20-15-12(13(19)25)8-2-1-3-10(8)27-15/h4-5H,1-3,6H2,(H2,19,25)(H,20,24). The molecule has 27 heavy (non-hydrogen) atoms. The van der Waals surface area contributed by atoms with Gasteiger partial charge in [-0.2, -0.15) is 0 Å². The van der Waals surface area contributed by atoms with Gasteiger partial charge in [0.25, 0.3) is 5.91 Å². The predicted molar refractivity (Wildman–Crippen MR) is 107 cm³/mol. The fourth-order valence-corrected chi connectivity index (χ4v) is 5.58. The zero-order valence-electron chi connectivity index (χ0n) is 13.8. The Balaban J connectivity index is 1.49. The molecule has 140 valence electrons. The minimum absolute atomic E-state index is 0.0890. The molecule has 0 aromatic carbocycles. The highest BCUT2D eigenvalue weighted by Gasteiger charge is 2.26. The number of thiophene rings is 1. The van der Waals surface area contributed by atoms with E-state index in [-0.39, 0.29) is 11.7 Å². The van der Waals surface area contributed by atoms with Crippen molar-refractivity contribution in [2.45, 2.75) is 24.4 Å². The van der Waals surface area contributed by atoms with E-state index in [1.165, 1.54) is 23.1 Å². The maximum absolute atomic E-state index is 12.4. The molecule has 3 aromatic heterocycles. The Hall–Kier alpha value is -1.81. The number of halogens is 2. The van der Waals surface area contributed by atoms with Gasteiger partial charge in [-0.3, -0.25) is 14.0 Å². The number of hydrogen-bond acceptors (Lipinski definition) is 6. The number of carbonyl (C=O) groups excluding carboxylic acids is 2. The number of primary amides is 1. The Morgan fingerprint density at radius 3 is 2.93 bits per heavy atom. The van der Waals surface area contributed by atoms with Crippen LogP contribution in [0.3, 0.4) is 0 Å². The molecule has 0 unspecified atom stereocenters. The Morgan fingerprint density at radius 2 is 2.15 bits per heavy atom. The number of fused-ring (bicyclic) bond motifs is 2. The van der Waals surface area contributed by atoms with Gasteiger partial charge in [-0.25, -0.2) is 0 Å². The van der Waals surface area contributed by atoms with E-state index in [4.69, 9.17) is 28.9 Å². The molecule has 0 saturated heterocycles. The van der Waals surface area contributed by atoms with Gasteiger partial charge in [-0.1, -0.05) is 35.0 Å². The van der Waals surface area contributed by atoms with E-state index < -0.39 is 5.91 Å². The van der Waals surface area contributed by atoms with Crippen molar-refractivity contribution in [2.24, 2.45) is 5.73 Å². The predicted octanol–water partition coefficient (Wildman–Crippen LogP) is 3.42. The molecule has 0 radical (unpaired) electrons. The van der Waals surface area contributed by atoms with Crippen LogP contribution in [0.2, 0.25) is 10.0 Å². The van der Waals surface area contributed by atoms with E-state index in [2.05, 4.69) is 15.5 Å². The fraction of sp³-hybridized carbons (Fsp3) is 0.250. The summed E-state index contributed by atoms with van der Waals surface area (Å²) in [6.07, 6.45) is 4.38. The summed E-state index contributed by atoms with van der Waals surface area (Å²) in [6, 6.07) is 1.58. The number of hydrogen-bond donors (Lipinski definition) is 2. The number of amides is 2. The van der Waals surface area contributed by atoms with Crippen LogP contribution in [0.5, 0.6) is 0 Å². The quantitative estimate of drug-likeness (QED) is 0.590. The van der Waals surface area contributed by atoms with Gasteiger partial charge in [-0.15, -0.1) is 21.5 Å². The van der Waals surface area contributed by atoms with Crippen molar-refractivity contribution in [3.05, 3.63) is 38.3 Å². The number of nitrogens with one attached hydrogen (secondary N) is 1. The molecular formula is C16H13Cl2N5O2S2. The summed E-state index contributed by atoms with van der Waals surface area (Å²) in [5.41, 5.74) is 7.40. The number of aromatic nitrogens is 3. The summed E-state index contributed by atoms with van der Waals surface area (Å²) < 4.78 is 1.64. The first-order chi connectivity index (χ1) is 12.9. The minimum Gasteiger partial charge on any atom is -0.365 e. The lowest BCUT2D eigenvalue weighted by Crippen LogP contribution is -2.19. The summed E-state index contributed by atoms with van der Waals surface area (Å²) in [4.78, 5) is 25.3. The summed E-state index contributed by atoms with van der Waals surface area (Å²) in [5, 5.41) is 12.7. The van der Waals surface area contributed by atoms with Crippen LogP contribution in [-0.2, 0) is 17.6 Å². The summed E-state index contributed by atoms with van der Waals surface area (Å²) >= 11 is 14.7. The SMILES string of the molecule is NC(=O)c1c(NC(=O)CSc2nnc3c(Cl)cc(Cl)cn23)sc2c1CCC2. The third kappa shape index (κ3) is 3.52. The van der Waals surface area contributed by atoms with Crippen LogP contribution < -0.4 is 11.1 Å². The van der Waals surface area contributed by atoms with E-state index >= 15 is 0 Å². The van der Waals surface area contributed by atoms with Gasteiger partial charge >= 0.3 is 0 Å². The van der Waals surface area contributed by atoms with Crippen LogP contribution in [0, 0.1) is 0 Å². The van der Waals surface area contributed by atoms with Crippen molar-refractivity contribution < 1.29 is 9.59 Å². The molecule has 2 amide bonds. The van der Waals surface area contributed by atoms with Gasteiger partial charge in [0.15, 0.2) is 10.8 Å². The molecule has 3 N–H and O–H groups in total. The average Bonchev–Trinajstić information content (AvgIpc) is 3.26. The number of rotatable bonds is 5. The number of anilines is 1. The molecule has 7 nitrogen and oxygen atoms in total. The van der Waals surface area contributed by atoms with Crippen LogP contribution in [0.1, 0.15) is 27.2 Å². The molecule has 0 aliphatic heterocycles. The van der Waals surface area contributed by atoms with Gasteiger partial charge in [0.05, 0.1) is 21.4 Å². The second-order valence-corrected chi connectivity index (χ2v) is 8.84. The van der Waals surface area contributed by atoms with Crippen molar-refractivity contribution in [2.75, 3.05) is 11.1 Å². The first-order valence-corrected chi connectivity index (χ1v) is 10.6. The summed E-state index contributed by atoms with van der Waals surface area (Å²) in [6.45, 7) is 0. The van der Waals surface area contributed by atoms with Gasteiger partial charge in [0.2, 0.25) is 5.91 Å². The molecule has 1 aliphatic carbocycles. The Morgan fingerprint density at radius 1 is 1.33 bits per heavy atom. The third-order valence-electron chi connectivity index (χ3n) is 4.15. The van der Waals surface area contributed by atoms with E-state index in [1.54, 1.807) is 16.7 Å². The number of carbonyl (C=O) groups is 2. The second kappa shape index (κ2) is 7.31. The van der Waals surface area contributed by atoms with Crippen molar-refractivity contribution in [3.63, 3.8) is 0 Å². The monoisotopic (exact) mass is 441 g/mol. The molecule has 0 fully saturated rings. The first-order valence-electron chi connectivity index (χ1n) is 8.01. The molecule has 3 aromatic rings. The van der Waals surface area contributed by atoms with Crippen LogP contribution in [0.25, 0.3) is 5.65 Å². The average molecular weight is 442 g/mol. The van der Waals surface area contributed by atoms with Gasteiger partial charge < -0.3 is 11.1 Å². The van der Waals surface area contributed by atoms with Crippen LogP contribution in [0.15, 0.2) is 17.4 Å². The smallest absolute Gasteiger partial charge is 0.251 e. The molecule has 0 spiro atoms. The van der Waals surface area contributed by atoms with Crippen LogP contribution in [0.4, 0.5) is 5.00 Å². The zero-order chi connectivity index (χ0) is 19.1. The van der Waals surface area contributed by atoms with E-state index in [9.17, 15) is 9.59 Å². The van der Waals surface area contributed by atoms with Crippen molar-refractivity contribution >= 4 is 68.8 Å². The van der Waals surface area contributed by atoms with Crippen LogP contribution >= 0.6 is 46.3 Å².